The second-order valence-corrected chi connectivity index (χ2v) is 6.12. The first-order valence-electron chi connectivity index (χ1n) is 8.97. The molecular formula is C22H23N3O3. The lowest BCUT2D eigenvalue weighted by Gasteiger charge is -2.10. The van der Waals surface area contributed by atoms with Crippen LogP contribution >= 0.6 is 0 Å². The van der Waals surface area contributed by atoms with Gasteiger partial charge in [-0.25, -0.2) is 4.98 Å². The Morgan fingerprint density at radius 1 is 0.964 bits per heavy atom. The van der Waals surface area contributed by atoms with Gasteiger partial charge in [0, 0.05) is 24.0 Å². The van der Waals surface area contributed by atoms with Gasteiger partial charge in [-0.05, 0) is 48.4 Å². The van der Waals surface area contributed by atoms with Crippen molar-refractivity contribution in [3.05, 3.63) is 78.0 Å². The first kappa shape index (κ1) is 19.2. The van der Waals surface area contributed by atoms with Crippen LogP contribution in [0.2, 0.25) is 0 Å². The van der Waals surface area contributed by atoms with E-state index in [1.807, 2.05) is 48.5 Å². The average Bonchev–Trinajstić information content (AvgIpc) is 2.74. The minimum atomic E-state index is -0.140. The van der Waals surface area contributed by atoms with Gasteiger partial charge in [0.2, 0.25) is 0 Å². The van der Waals surface area contributed by atoms with Gasteiger partial charge in [0.25, 0.3) is 5.91 Å². The first-order valence-corrected chi connectivity index (χ1v) is 8.97. The monoisotopic (exact) mass is 377 g/mol. The zero-order chi connectivity index (χ0) is 19.8. The number of benzene rings is 2. The van der Waals surface area contributed by atoms with Crippen LogP contribution in [0.3, 0.4) is 0 Å². The quantitative estimate of drug-likeness (QED) is 0.624. The lowest BCUT2D eigenvalue weighted by molar-refractivity contribution is 0.0954. The molecule has 0 saturated carbocycles. The molecule has 1 heterocycles. The Bertz CT molecular complexity index is 929. The molecule has 0 spiro atoms. The summed E-state index contributed by atoms with van der Waals surface area (Å²) in [6.07, 6.45) is 2.31. The van der Waals surface area contributed by atoms with Crippen molar-refractivity contribution in [1.29, 1.82) is 0 Å². The van der Waals surface area contributed by atoms with Gasteiger partial charge in [-0.1, -0.05) is 24.3 Å². The average molecular weight is 377 g/mol. The van der Waals surface area contributed by atoms with Crippen LogP contribution in [0, 0.1) is 0 Å². The van der Waals surface area contributed by atoms with Gasteiger partial charge in [0.1, 0.15) is 5.82 Å². The maximum Gasteiger partial charge on any atom is 0.251 e. The largest absolute Gasteiger partial charge is 0.493 e. The van der Waals surface area contributed by atoms with Gasteiger partial charge in [-0.2, -0.15) is 0 Å². The Morgan fingerprint density at radius 2 is 1.75 bits per heavy atom. The summed E-state index contributed by atoms with van der Waals surface area (Å²) in [6.45, 7) is 0.512. The van der Waals surface area contributed by atoms with Gasteiger partial charge in [-0.3, -0.25) is 4.79 Å². The number of hydrogen-bond donors (Lipinski definition) is 2. The van der Waals surface area contributed by atoms with E-state index < -0.39 is 0 Å². The number of nitrogens with one attached hydrogen (secondary N) is 2. The summed E-state index contributed by atoms with van der Waals surface area (Å²) >= 11 is 0. The summed E-state index contributed by atoms with van der Waals surface area (Å²) in [5, 5.41) is 6.13. The third kappa shape index (κ3) is 5.01. The third-order valence-electron chi connectivity index (χ3n) is 4.22. The molecular weight excluding hydrogens is 354 g/mol. The van der Waals surface area contributed by atoms with E-state index in [-0.39, 0.29) is 5.91 Å². The molecule has 0 aliphatic rings. The number of methoxy groups -OCH3 is 2. The number of amides is 1. The molecule has 0 fully saturated rings. The minimum absolute atomic E-state index is 0.140. The Morgan fingerprint density at radius 3 is 2.50 bits per heavy atom. The second-order valence-electron chi connectivity index (χ2n) is 6.12. The molecule has 3 aromatic rings. The number of anilines is 2. The fourth-order valence-corrected chi connectivity index (χ4v) is 2.77. The van der Waals surface area contributed by atoms with Crippen molar-refractivity contribution in [2.24, 2.45) is 0 Å². The number of nitrogens with zero attached hydrogens (tertiary/aromatic N) is 1. The number of carbonyl (C=O) groups is 1. The maximum atomic E-state index is 12.5. The summed E-state index contributed by atoms with van der Waals surface area (Å²) < 4.78 is 10.5. The Hall–Kier alpha value is -3.54. The third-order valence-corrected chi connectivity index (χ3v) is 4.22. The van der Waals surface area contributed by atoms with Crippen LogP contribution in [0.15, 0.2) is 66.9 Å². The molecule has 0 unspecified atom stereocenters. The lowest BCUT2D eigenvalue weighted by atomic mass is 10.1. The molecule has 1 amide bonds. The van der Waals surface area contributed by atoms with E-state index in [1.54, 1.807) is 32.5 Å². The Kier molecular flexibility index (Phi) is 6.46. The summed E-state index contributed by atoms with van der Waals surface area (Å²) in [7, 11) is 3.21. The standard InChI is InChI=1S/C22H23N3O3/c1-27-19-9-8-16(14-20(19)28-2)10-12-24-22(26)17-11-13-23-21(15-17)25-18-6-4-3-5-7-18/h3-9,11,13-15H,10,12H2,1-2H3,(H,23,25)(H,24,26). The molecule has 0 atom stereocenters. The Labute approximate surface area is 164 Å². The zero-order valence-electron chi connectivity index (χ0n) is 15.9. The molecule has 1 aromatic heterocycles. The van der Waals surface area contributed by atoms with E-state index in [9.17, 15) is 4.79 Å². The van der Waals surface area contributed by atoms with E-state index >= 15 is 0 Å². The van der Waals surface area contributed by atoms with Crippen LogP contribution in [-0.2, 0) is 6.42 Å². The highest BCUT2D eigenvalue weighted by molar-refractivity contribution is 5.94. The molecule has 3 rings (SSSR count). The van der Waals surface area contributed by atoms with Gasteiger partial charge in [-0.15, -0.1) is 0 Å². The molecule has 0 bridgehead atoms. The number of para-hydroxylation sites is 1. The van der Waals surface area contributed by atoms with E-state index in [1.165, 1.54) is 0 Å². The number of ether oxygens (including phenoxy) is 2. The normalized spacial score (nSPS) is 10.2. The molecule has 144 valence electrons. The lowest BCUT2D eigenvalue weighted by Crippen LogP contribution is -2.25. The van der Waals surface area contributed by atoms with E-state index in [0.717, 1.165) is 11.3 Å². The van der Waals surface area contributed by atoms with Crippen molar-refractivity contribution in [1.82, 2.24) is 10.3 Å². The van der Waals surface area contributed by atoms with Crippen molar-refractivity contribution in [3.8, 4) is 11.5 Å². The number of carbonyl (C=O) groups excluding carboxylic acids is 1. The van der Waals surface area contributed by atoms with E-state index in [0.29, 0.717) is 35.8 Å². The molecule has 0 saturated heterocycles. The van der Waals surface area contributed by atoms with Gasteiger partial charge < -0.3 is 20.1 Å². The van der Waals surface area contributed by atoms with Crippen LogP contribution in [-0.4, -0.2) is 31.7 Å². The van der Waals surface area contributed by atoms with Gasteiger partial charge in [0.15, 0.2) is 11.5 Å². The maximum absolute atomic E-state index is 12.5. The number of pyridine rings is 1. The Balaban J connectivity index is 1.57. The molecule has 28 heavy (non-hydrogen) atoms. The van der Waals surface area contributed by atoms with Crippen LogP contribution < -0.4 is 20.1 Å². The number of hydrogen-bond acceptors (Lipinski definition) is 5. The molecule has 2 N–H and O–H groups in total. The first-order chi connectivity index (χ1) is 13.7. The second kappa shape index (κ2) is 9.41. The highest BCUT2D eigenvalue weighted by Crippen LogP contribution is 2.27. The van der Waals surface area contributed by atoms with Crippen molar-refractivity contribution in [2.75, 3.05) is 26.1 Å². The van der Waals surface area contributed by atoms with E-state index in [2.05, 4.69) is 15.6 Å². The summed E-state index contributed by atoms with van der Waals surface area (Å²) in [5.41, 5.74) is 2.53. The summed E-state index contributed by atoms with van der Waals surface area (Å²) in [6, 6.07) is 18.9. The fraction of sp³-hybridized carbons (Fsp3) is 0.182. The summed E-state index contributed by atoms with van der Waals surface area (Å²) in [5.74, 6) is 1.85. The number of aromatic nitrogens is 1. The van der Waals surface area contributed by atoms with Crippen LogP contribution in [0.1, 0.15) is 15.9 Å². The van der Waals surface area contributed by atoms with Gasteiger partial charge in [0.05, 0.1) is 14.2 Å². The molecule has 6 heteroatoms. The molecule has 0 aliphatic carbocycles. The molecule has 0 aliphatic heterocycles. The molecule has 6 nitrogen and oxygen atoms in total. The molecule has 0 radical (unpaired) electrons. The van der Waals surface area contributed by atoms with Crippen molar-refractivity contribution in [3.63, 3.8) is 0 Å². The predicted octanol–water partition coefficient (Wildman–Crippen LogP) is 3.81. The van der Waals surface area contributed by atoms with Crippen LogP contribution in [0.25, 0.3) is 0 Å². The van der Waals surface area contributed by atoms with Crippen molar-refractivity contribution in [2.45, 2.75) is 6.42 Å². The predicted molar refractivity (Wildman–Crippen MR) is 110 cm³/mol. The summed E-state index contributed by atoms with van der Waals surface area (Å²) in [4.78, 5) is 16.7. The van der Waals surface area contributed by atoms with E-state index in [4.69, 9.17) is 9.47 Å². The molecule has 2 aromatic carbocycles. The topological polar surface area (TPSA) is 72.5 Å². The highest BCUT2D eigenvalue weighted by Gasteiger charge is 2.08. The van der Waals surface area contributed by atoms with Crippen LogP contribution in [0.5, 0.6) is 11.5 Å². The van der Waals surface area contributed by atoms with Crippen LogP contribution in [0.4, 0.5) is 11.5 Å². The van der Waals surface area contributed by atoms with Crippen molar-refractivity contribution >= 4 is 17.4 Å². The fourth-order valence-electron chi connectivity index (χ4n) is 2.77. The van der Waals surface area contributed by atoms with Crippen molar-refractivity contribution < 1.29 is 14.3 Å². The smallest absolute Gasteiger partial charge is 0.251 e. The minimum Gasteiger partial charge on any atom is -0.493 e. The highest BCUT2D eigenvalue weighted by atomic mass is 16.5. The zero-order valence-corrected chi connectivity index (χ0v) is 15.9. The SMILES string of the molecule is COc1ccc(CCNC(=O)c2ccnc(Nc3ccccc3)c2)cc1OC. The van der Waals surface area contributed by atoms with Gasteiger partial charge >= 0.3 is 0 Å². The number of rotatable bonds is 8.